The summed E-state index contributed by atoms with van der Waals surface area (Å²) in [4.78, 5) is 32.4. The lowest BCUT2D eigenvalue weighted by atomic mass is 10.00. The Hall–Kier alpha value is -4.43. The third-order valence-electron chi connectivity index (χ3n) is 10.3. The minimum Gasteiger partial charge on any atom is -0.462 e. The molecule has 0 unspecified atom stereocenters. The number of likely N-dealkylation sites (N-methyl/N-ethyl adjacent to an activating group) is 1. The molecule has 3 aliphatic heterocycles. The average Bonchev–Trinajstić information content (AvgIpc) is 3.54. The normalized spacial score (nSPS) is 20.2. The first-order valence-corrected chi connectivity index (χ1v) is 17.6. The minimum absolute atomic E-state index is 0.0323. The van der Waals surface area contributed by atoms with Gasteiger partial charge in [-0.15, -0.1) is 0 Å². The van der Waals surface area contributed by atoms with Crippen molar-refractivity contribution in [2.45, 2.75) is 56.8 Å². The highest BCUT2D eigenvalue weighted by Crippen LogP contribution is 2.37. The molecule has 3 aliphatic rings. The molecule has 49 heavy (non-hydrogen) atoms. The van der Waals surface area contributed by atoms with Gasteiger partial charge in [0, 0.05) is 61.3 Å². The van der Waals surface area contributed by atoms with Crippen LogP contribution in [0.4, 0.5) is 11.5 Å². The summed E-state index contributed by atoms with van der Waals surface area (Å²) in [7, 11) is 2.14. The second-order valence-electron chi connectivity index (χ2n) is 13.4. The lowest BCUT2D eigenvalue weighted by Gasteiger charge is -2.42. The Bertz CT molecular complexity index is 1840. The number of hydrogen-bond donors (Lipinski definition) is 1. The van der Waals surface area contributed by atoms with Gasteiger partial charge in [0.05, 0.1) is 35.8 Å². The average molecular weight is 679 g/mol. The van der Waals surface area contributed by atoms with E-state index < -0.39 is 6.04 Å². The lowest BCUT2D eigenvalue weighted by Crippen LogP contribution is -2.56. The van der Waals surface area contributed by atoms with Crippen LogP contribution in [0.15, 0.2) is 66.7 Å². The van der Waals surface area contributed by atoms with Crippen LogP contribution < -0.4 is 20.3 Å². The SMILES string of the molecule is CN1CCC[C@H]1COc1nc2c(c(N3CCN(C(=O)C[C@@H](N)c4ccccc4)[C@@H](CC#N)C3)n1)CCN(c1cccc3cccc(Cl)c13)C2. The van der Waals surface area contributed by atoms with E-state index in [1.165, 1.54) is 0 Å². The molecule has 1 amide bonds. The van der Waals surface area contributed by atoms with Crippen LogP contribution >= 0.6 is 11.6 Å². The molecule has 0 bridgehead atoms. The van der Waals surface area contributed by atoms with Gasteiger partial charge in [-0.2, -0.15) is 15.2 Å². The van der Waals surface area contributed by atoms with Gasteiger partial charge in [0.2, 0.25) is 5.91 Å². The number of ether oxygens (including phenoxy) is 1. The quantitative estimate of drug-likeness (QED) is 0.251. The van der Waals surface area contributed by atoms with Crippen LogP contribution in [0.25, 0.3) is 10.8 Å². The molecule has 2 fully saturated rings. The van der Waals surface area contributed by atoms with Gasteiger partial charge in [0.1, 0.15) is 12.4 Å². The van der Waals surface area contributed by atoms with Gasteiger partial charge in [-0.25, -0.2) is 0 Å². The van der Waals surface area contributed by atoms with E-state index in [9.17, 15) is 10.1 Å². The summed E-state index contributed by atoms with van der Waals surface area (Å²) in [5.74, 6) is 0.807. The molecule has 0 spiro atoms. The first-order valence-electron chi connectivity index (χ1n) is 17.3. The number of amides is 1. The summed E-state index contributed by atoms with van der Waals surface area (Å²) in [5.41, 5.74) is 10.5. The maximum Gasteiger partial charge on any atom is 0.318 e. The standard InChI is InChI=1S/C38H43ClN8O2/c1-44-18-7-12-29(44)25-49-38-42-33-24-45(34-14-6-11-27-10-5-13-31(39)36(27)34)19-16-30(33)37(43-38)46-20-21-47(28(23-46)15-17-40)35(48)22-32(41)26-8-3-2-4-9-26/h2-6,8-11,13-14,28-29,32H,7,12,15-16,18-25,41H2,1H3/t28-,29-,32+/m0/s1. The first kappa shape index (κ1) is 33.1. The van der Waals surface area contributed by atoms with E-state index in [-0.39, 0.29) is 24.8 Å². The number of piperazine rings is 1. The van der Waals surface area contributed by atoms with Crippen molar-refractivity contribution in [3.8, 4) is 12.1 Å². The maximum atomic E-state index is 13.6. The predicted molar refractivity (Wildman–Crippen MR) is 193 cm³/mol. The fraction of sp³-hybridized carbons (Fsp3) is 0.421. The summed E-state index contributed by atoms with van der Waals surface area (Å²) in [6, 6.07) is 24.3. The highest BCUT2D eigenvalue weighted by Gasteiger charge is 2.35. The number of nitrogens with zero attached hydrogens (tertiary/aromatic N) is 7. The molecule has 4 heterocycles. The van der Waals surface area contributed by atoms with E-state index in [4.69, 9.17) is 32.0 Å². The van der Waals surface area contributed by atoms with Crippen LogP contribution in [-0.4, -0.2) is 84.1 Å². The van der Waals surface area contributed by atoms with Crippen LogP contribution in [-0.2, 0) is 17.8 Å². The molecule has 254 valence electrons. The summed E-state index contributed by atoms with van der Waals surface area (Å²) in [5, 5.41) is 12.7. The molecule has 10 nitrogen and oxygen atoms in total. The van der Waals surface area contributed by atoms with Gasteiger partial charge in [-0.3, -0.25) is 4.79 Å². The summed E-state index contributed by atoms with van der Waals surface area (Å²) in [6.07, 6.45) is 3.40. The Labute approximate surface area is 293 Å². The highest BCUT2D eigenvalue weighted by molar-refractivity contribution is 6.36. The van der Waals surface area contributed by atoms with Crippen LogP contribution in [0.3, 0.4) is 0 Å². The van der Waals surface area contributed by atoms with Crippen LogP contribution in [0, 0.1) is 11.3 Å². The predicted octanol–water partition coefficient (Wildman–Crippen LogP) is 5.34. The van der Waals surface area contributed by atoms with E-state index in [1.807, 2.05) is 47.4 Å². The summed E-state index contributed by atoms with van der Waals surface area (Å²) >= 11 is 6.74. The second kappa shape index (κ2) is 14.6. The number of halogens is 1. The fourth-order valence-corrected chi connectivity index (χ4v) is 7.88. The highest BCUT2D eigenvalue weighted by atomic mass is 35.5. The van der Waals surface area contributed by atoms with Crippen molar-refractivity contribution in [2.75, 3.05) is 56.2 Å². The van der Waals surface area contributed by atoms with Gasteiger partial charge in [-0.1, -0.05) is 66.2 Å². The van der Waals surface area contributed by atoms with Crippen molar-refractivity contribution >= 4 is 39.8 Å². The van der Waals surface area contributed by atoms with Crippen molar-refractivity contribution < 1.29 is 9.53 Å². The number of benzene rings is 3. The van der Waals surface area contributed by atoms with Gasteiger partial charge in [-0.05, 0) is 55.9 Å². The van der Waals surface area contributed by atoms with Gasteiger partial charge in [0.15, 0.2) is 0 Å². The first-order chi connectivity index (χ1) is 23.9. The van der Waals surface area contributed by atoms with Crippen LogP contribution in [0.1, 0.15) is 48.5 Å². The lowest BCUT2D eigenvalue weighted by molar-refractivity contribution is -0.134. The molecule has 0 saturated carbocycles. The molecule has 3 aromatic carbocycles. The monoisotopic (exact) mass is 678 g/mol. The molecule has 11 heteroatoms. The fourth-order valence-electron chi connectivity index (χ4n) is 7.60. The second-order valence-corrected chi connectivity index (χ2v) is 13.8. The molecule has 0 aliphatic carbocycles. The van der Waals surface area contributed by atoms with Crippen molar-refractivity contribution in [1.29, 1.82) is 5.26 Å². The van der Waals surface area contributed by atoms with Gasteiger partial charge < -0.3 is 30.1 Å². The molecule has 0 radical (unpaired) electrons. The van der Waals surface area contributed by atoms with E-state index in [2.05, 4.69) is 52.1 Å². The zero-order chi connectivity index (χ0) is 33.9. The molecular weight excluding hydrogens is 636 g/mol. The Balaban J connectivity index is 1.16. The molecule has 2 saturated heterocycles. The molecule has 7 rings (SSSR count). The number of aromatic nitrogens is 2. The molecule has 2 N–H and O–H groups in total. The number of carbonyl (C=O) groups is 1. The Morgan fingerprint density at radius 1 is 1.02 bits per heavy atom. The molecule has 4 aromatic rings. The van der Waals surface area contributed by atoms with E-state index in [1.54, 1.807) is 0 Å². The molecular formula is C38H43ClN8O2. The van der Waals surface area contributed by atoms with Gasteiger partial charge >= 0.3 is 6.01 Å². The van der Waals surface area contributed by atoms with E-state index in [0.717, 1.165) is 76.5 Å². The minimum atomic E-state index is -0.401. The number of fused-ring (bicyclic) bond motifs is 2. The van der Waals surface area contributed by atoms with Crippen molar-refractivity contribution in [2.24, 2.45) is 5.73 Å². The number of carbonyl (C=O) groups excluding carboxylic acids is 1. The Kier molecular flexibility index (Phi) is 9.85. The third-order valence-corrected chi connectivity index (χ3v) is 10.6. The third kappa shape index (κ3) is 7.02. The summed E-state index contributed by atoms with van der Waals surface area (Å²) in [6.45, 7) is 4.52. The summed E-state index contributed by atoms with van der Waals surface area (Å²) < 4.78 is 6.35. The zero-order valence-electron chi connectivity index (χ0n) is 28.0. The number of rotatable bonds is 9. The number of nitriles is 1. The Morgan fingerprint density at radius 2 is 1.84 bits per heavy atom. The van der Waals surface area contributed by atoms with Crippen molar-refractivity contribution in [3.63, 3.8) is 0 Å². The zero-order valence-corrected chi connectivity index (χ0v) is 28.7. The topological polar surface area (TPSA) is 115 Å². The number of nitrogens with two attached hydrogens (primary N) is 1. The molecule has 3 atom stereocenters. The van der Waals surface area contributed by atoms with Crippen molar-refractivity contribution in [1.82, 2.24) is 19.8 Å². The number of likely N-dealkylation sites (tertiary alicyclic amines) is 1. The maximum absolute atomic E-state index is 13.6. The van der Waals surface area contributed by atoms with Crippen LogP contribution in [0.2, 0.25) is 5.02 Å². The largest absolute Gasteiger partial charge is 0.462 e. The number of anilines is 2. The van der Waals surface area contributed by atoms with E-state index in [0.29, 0.717) is 44.8 Å². The van der Waals surface area contributed by atoms with Crippen molar-refractivity contribution in [3.05, 3.63) is 88.6 Å². The Morgan fingerprint density at radius 3 is 2.61 bits per heavy atom. The van der Waals surface area contributed by atoms with Gasteiger partial charge in [0.25, 0.3) is 0 Å². The smallest absolute Gasteiger partial charge is 0.318 e. The van der Waals surface area contributed by atoms with E-state index >= 15 is 0 Å². The van der Waals surface area contributed by atoms with Crippen LogP contribution in [0.5, 0.6) is 6.01 Å². The molecule has 1 aromatic heterocycles. The number of hydrogen-bond acceptors (Lipinski definition) is 9.